The molecule has 0 aliphatic heterocycles. The minimum Gasteiger partial charge on any atom is -0.493 e. The molecule has 0 bridgehead atoms. The second kappa shape index (κ2) is 7.79. The molecule has 0 amide bonds. The number of ether oxygens (including phenoxy) is 2. The molecule has 0 saturated heterocycles. The van der Waals surface area contributed by atoms with Gasteiger partial charge in [-0.2, -0.15) is 0 Å². The molecule has 2 rings (SSSR count). The van der Waals surface area contributed by atoms with Crippen molar-refractivity contribution < 1.29 is 14.3 Å². The fraction of sp³-hybridized carbons (Fsp3) is 0.188. The van der Waals surface area contributed by atoms with Gasteiger partial charge in [-0.05, 0) is 24.1 Å². The molecule has 2 aromatic rings. The van der Waals surface area contributed by atoms with Gasteiger partial charge in [0.05, 0.1) is 13.3 Å². The van der Waals surface area contributed by atoms with Gasteiger partial charge in [-0.25, -0.2) is 9.97 Å². The third-order valence-electron chi connectivity index (χ3n) is 2.98. The first-order chi connectivity index (χ1) is 11.2. The first-order valence-electron chi connectivity index (χ1n) is 6.82. The average Bonchev–Trinajstić information content (AvgIpc) is 2.56. The van der Waals surface area contributed by atoms with Crippen LogP contribution in [0.25, 0.3) is 0 Å². The van der Waals surface area contributed by atoms with Crippen LogP contribution in [0.1, 0.15) is 11.1 Å². The number of benzene rings is 1. The molecule has 7 nitrogen and oxygen atoms in total. The van der Waals surface area contributed by atoms with Gasteiger partial charge in [-0.1, -0.05) is 17.3 Å². The van der Waals surface area contributed by atoms with Crippen LogP contribution in [0.4, 0.5) is 5.82 Å². The van der Waals surface area contributed by atoms with E-state index in [1.807, 2.05) is 18.2 Å². The summed E-state index contributed by atoms with van der Waals surface area (Å²) in [7, 11) is 3.00. The van der Waals surface area contributed by atoms with E-state index < -0.39 is 0 Å². The van der Waals surface area contributed by atoms with Crippen LogP contribution in [-0.4, -0.2) is 30.4 Å². The van der Waals surface area contributed by atoms with E-state index in [-0.39, 0.29) is 11.7 Å². The Morgan fingerprint density at radius 3 is 2.78 bits per heavy atom. The van der Waals surface area contributed by atoms with Crippen molar-refractivity contribution in [3.63, 3.8) is 0 Å². The van der Waals surface area contributed by atoms with E-state index in [0.717, 1.165) is 12.0 Å². The fourth-order valence-corrected chi connectivity index (χ4v) is 1.89. The molecule has 0 spiro atoms. The number of nitrogens with two attached hydrogens (primary N) is 1. The first kappa shape index (κ1) is 16.3. The summed E-state index contributed by atoms with van der Waals surface area (Å²) in [6.45, 7) is 3.72. The Kier molecular flexibility index (Phi) is 5.51. The van der Waals surface area contributed by atoms with Crippen molar-refractivity contribution in [3.05, 3.63) is 48.3 Å². The topological polar surface area (TPSA) is 91.9 Å². The van der Waals surface area contributed by atoms with Gasteiger partial charge in [0.2, 0.25) is 5.88 Å². The number of hydrogen-bond donors (Lipinski definition) is 1. The molecule has 2 N–H and O–H groups in total. The molecule has 0 atom stereocenters. The number of methoxy groups -OCH3 is 1. The predicted molar refractivity (Wildman–Crippen MR) is 88.0 cm³/mol. The SMILES string of the molecule is C=CCc1ccc(Oc2ncnc(N)c2C=NOC)c(OC)c1. The van der Waals surface area contributed by atoms with E-state index in [9.17, 15) is 0 Å². The van der Waals surface area contributed by atoms with Crippen LogP contribution in [0, 0.1) is 0 Å². The minimum absolute atomic E-state index is 0.234. The van der Waals surface area contributed by atoms with Crippen molar-refractivity contribution in [2.24, 2.45) is 5.16 Å². The van der Waals surface area contributed by atoms with Gasteiger partial charge in [-0.15, -0.1) is 6.58 Å². The van der Waals surface area contributed by atoms with Gasteiger partial charge in [0.25, 0.3) is 0 Å². The molecular formula is C16H18N4O3. The second-order valence-corrected chi connectivity index (χ2v) is 4.47. The zero-order chi connectivity index (χ0) is 16.7. The van der Waals surface area contributed by atoms with Crippen LogP contribution in [0.15, 0.2) is 42.3 Å². The maximum atomic E-state index is 5.83. The smallest absolute Gasteiger partial charge is 0.233 e. The van der Waals surface area contributed by atoms with Crippen LogP contribution < -0.4 is 15.2 Å². The number of hydrogen-bond acceptors (Lipinski definition) is 7. The number of anilines is 1. The van der Waals surface area contributed by atoms with E-state index in [1.165, 1.54) is 19.7 Å². The molecule has 0 aliphatic rings. The third-order valence-corrected chi connectivity index (χ3v) is 2.98. The molecule has 0 unspecified atom stereocenters. The molecule has 0 radical (unpaired) electrons. The third kappa shape index (κ3) is 3.97. The monoisotopic (exact) mass is 314 g/mol. The average molecular weight is 314 g/mol. The van der Waals surface area contributed by atoms with E-state index in [0.29, 0.717) is 17.1 Å². The first-order valence-corrected chi connectivity index (χ1v) is 6.82. The predicted octanol–water partition coefficient (Wildman–Crippen LogP) is 2.57. The zero-order valence-electron chi connectivity index (χ0n) is 13.0. The van der Waals surface area contributed by atoms with Gasteiger partial charge in [0.15, 0.2) is 11.5 Å². The second-order valence-electron chi connectivity index (χ2n) is 4.47. The van der Waals surface area contributed by atoms with Gasteiger partial charge in [-0.3, -0.25) is 0 Å². The van der Waals surface area contributed by atoms with Crippen LogP contribution in [0.3, 0.4) is 0 Å². The molecule has 23 heavy (non-hydrogen) atoms. The lowest BCUT2D eigenvalue weighted by molar-refractivity contribution is 0.215. The highest BCUT2D eigenvalue weighted by molar-refractivity contribution is 5.88. The molecule has 1 heterocycles. The summed E-state index contributed by atoms with van der Waals surface area (Å²) in [6, 6.07) is 5.60. The normalized spacial score (nSPS) is 10.5. The highest BCUT2D eigenvalue weighted by atomic mass is 16.6. The Labute approximate surface area is 134 Å². The summed E-state index contributed by atoms with van der Waals surface area (Å²) < 4.78 is 11.2. The van der Waals surface area contributed by atoms with Crippen molar-refractivity contribution in [3.8, 4) is 17.4 Å². The summed E-state index contributed by atoms with van der Waals surface area (Å²) in [6.07, 6.45) is 5.26. The Balaban J connectivity index is 2.37. The molecule has 0 saturated carbocycles. The highest BCUT2D eigenvalue weighted by Crippen LogP contribution is 2.33. The van der Waals surface area contributed by atoms with Gasteiger partial charge < -0.3 is 20.0 Å². The summed E-state index contributed by atoms with van der Waals surface area (Å²) in [5, 5.41) is 3.68. The van der Waals surface area contributed by atoms with E-state index in [4.69, 9.17) is 15.2 Å². The lowest BCUT2D eigenvalue weighted by atomic mass is 10.1. The number of oxime groups is 1. The van der Waals surface area contributed by atoms with Crippen molar-refractivity contribution in [1.29, 1.82) is 0 Å². The van der Waals surface area contributed by atoms with Crippen LogP contribution >= 0.6 is 0 Å². The lowest BCUT2D eigenvalue weighted by Crippen LogP contribution is -2.03. The Hall–Kier alpha value is -3.09. The molecular weight excluding hydrogens is 296 g/mol. The molecule has 1 aromatic heterocycles. The van der Waals surface area contributed by atoms with E-state index >= 15 is 0 Å². The number of aromatic nitrogens is 2. The van der Waals surface area contributed by atoms with Crippen molar-refractivity contribution in [2.75, 3.05) is 20.0 Å². The summed E-state index contributed by atoms with van der Waals surface area (Å²) >= 11 is 0. The molecule has 120 valence electrons. The quantitative estimate of drug-likeness (QED) is 0.480. The largest absolute Gasteiger partial charge is 0.493 e. The van der Waals surface area contributed by atoms with E-state index in [2.05, 4.69) is 26.5 Å². The van der Waals surface area contributed by atoms with Gasteiger partial charge in [0, 0.05) is 0 Å². The maximum absolute atomic E-state index is 5.83. The van der Waals surface area contributed by atoms with Crippen molar-refractivity contribution in [2.45, 2.75) is 6.42 Å². The Morgan fingerprint density at radius 1 is 1.26 bits per heavy atom. The Morgan fingerprint density at radius 2 is 2.09 bits per heavy atom. The van der Waals surface area contributed by atoms with Gasteiger partial charge in [0.1, 0.15) is 24.8 Å². The standard InChI is InChI=1S/C16H18N4O3/c1-4-5-11-6-7-13(14(8-11)21-2)23-16-12(9-20-22-3)15(17)18-10-19-16/h4,6-10H,1,5H2,2-3H3,(H2,17,18,19). The highest BCUT2D eigenvalue weighted by Gasteiger charge is 2.13. The summed E-state index contributed by atoms with van der Waals surface area (Å²) in [4.78, 5) is 12.7. The molecule has 0 aliphatic carbocycles. The Bertz CT molecular complexity index is 716. The lowest BCUT2D eigenvalue weighted by Gasteiger charge is -2.12. The molecule has 7 heteroatoms. The van der Waals surface area contributed by atoms with Gasteiger partial charge >= 0.3 is 0 Å². The van der Waals surface area contributed by atoms with Crippen LogP contribution in [0.2, 0.25) is 0 Å². The zero-order valence-corrected chi connectivity index (χ0v) is 13.0. The number of allylic oxidation sites excluding steroid dienone is 1. The fourth-order valence-electron chi connectivity index (χ4n) is 1.89. The molecule has 1 aromatic carbocycles. The number of nitrogens with zero attached hydrogens (tertiary/aromatic N) is 3. The van der Waals surface area contributed by atoms with Crippen LogP contribution in [-0.2, 0) is 11.3 Å². The summed E-state index contributed by atoms with van der Waals surface area (Å²) in [5.74, 6) is 1.58. The van der Waals surface area contributed by atoms with Crippen molar-refractivity contribution >= 4 is 12.0 Å². The number of rotatable bonds is 7. The van der Waals surface area contributed by atoms with E-state index in [1.54, 1.807) is 13.2 Å². The minimum atomic E-state index is 0.234. The molecule has 0 fully saturated rings. The maximum Gasteiger partial charge on any atom is 0.233 e. The number of nitrogen functional groups attached to an aromatic ring is 1. The summed E-state index contributed by atoms with van der Waals surface area (Å²) in [5.41, 5.74) is 7.32. The van der Waals surface area contributed by atoms with Crippen LogP contribution in [0.5, 0.6) is 17.4 Å². The van der Waals surface area contributed by atoms with Crippen molar-refractivity contribution in [1.82, 2.24) is 9.97 Å².